The lowest BCUT2D eigenvalue weighted by Crippen LogP contribution is -2.41. The van der Waals surface area contributed by atoms with E-state index in [0.29, 0.717) is 47.0 Å². The molecular formula is C24H21N3O4. The highest BCUT2D eigenvalue weighted by atomic mass is 16.6. The van der Waals surface area contributed by atoms with E-state index in [1.165, 1.54) is 0 Å². The molecule has 7 heteroatoms. The summed E-state index contributed by atoms with van der Waals surface area (Å²) in [5.41, 5.74) is 3.04. The Hall–Kier alpha value is -3.87. The summed E-state index contributed by atoms with van der Waals surface area (Å²) in [5.74, 6) is 1.25. The molecule has 5 rings (SSSR count). The maximum absolute atomic E-state index is 13.4. The van der Waals surface area contributed by atoms with Crippen molar-refractivity contribution in [1.82, 2.24) is 15.0 Å². The van der Waals surface area contributed by atoms with Gasteiger partial charge >= 0.3 is 0 Å². The first-order chi connectivity index (χ1) is 15.1. The van der Waals surface area contributed by atoms with Gasteiger partial charge in [0, 0.05) is 12.6 Å². The normalized spacial score (nSPS) is 15.1. The van der Waals surface area contributed by atoms with Gasteiger partial charge in [0.2, 0.25) is 0 Å². The average molecular weight is 415 g/mol. The highest BCUT2D eigenvalue weighted by molar-refractivity contribution is 6.06. The Kier molecular flexibility index (Phi) is 4.78. The molecule has 0 spiro atoms. The van der Waals surface area contributed by atoms with Crippen LogP contribution in [-0.2, 0) is 0 Å². The molecule has 0 fully saturated rings. The molecule has 3 heterocycles. The van der Waals surface area contributed by atoms with Crippen molar-refractivity contribution in [2.45, 2.75) is 13.0 Å². The summed E-state index contributed by atoms with van der Waals surface area (Å²) >= 11 is 0. The van der Waals surface area contributed by atoms with Gasteiger partial charge in [-0.3, -0.25) is 4.79 Å². The number of hydrogen-bond acceptors (Lipinski definition) is 6. The maximum atomic E-state index is 13.4. The Bertz CT molecular complexity index is 1250. The zero-order valence-electron chi connectivity index (χ0n) is 17.2. The van der Waals surface area contributed by atoms with Crippen LogP contribution in [-0.4, -0.2) is 47.3 Å². The first-order valence-electron chi connectivity index (χ1n) is 10.1. The summed E-state index contributed by atoms with van der Waals surface area (Å²) in [6, 6.07) is 19.0. The Labute approximate surface area is 179 Å². The fraction of sp³-hybridized carbons (Fsp3) is 0.208. The van der Waals surface area contributed by atoms with Gasteiger partial charge in [0.15, 0.2) is 17.6 Å². The quantitative estimate of drug-likeness (QED) is 0.499. The van der Waals surface area contributed by atoms with Crippen LogP contribution in [0.2, 0.25) is 0 Å². The zero-order valence-corrected chi connectivity index (χ0v) is 17.2. The molecule has 0 bridgehead atoms. The highest BCUT2D eigenvalue weighted by Crippen LogP contribution is 2.31. The van der Waals surface area contributed by atoms with Crippen molar-refractivity contribution < 1.29 is 18.8 Å². The standard InChI is InChI=1S/C24H21N3O4/c1-15-22-18(12-19(25-23(22)31-26-15)16-8-4-3-5-9-16)24(28)27(2)13-17-14-29-20-10-6-7-11-21(20)30-17/h3-12,17H,13-14H2,1-2H3. The van der Waals surface area contributed by atoms with E-state index in [2.05, 4.69) is 10.1 Å². The summed E-state index contributed by atoms with van der Waals surface area (Å²) in [6.45, 7) is 2.56. The molecule has 0 saturated carbocycles. The number of hydrogen-bond donors (Lipinski definition) is 0. The predicted molar refractivity (Wildman–Crippen MR) is 115 cm³/mol. The van der Waals surface area contributed by atoms with E-state index >= 15 is 0 Å². The number of rotatable bonds is 4. The van der Waals surface area contributed by atoms with E-state index in [1.807, 2.05) is 61.5 Å². The molecule has 4 aromatic rings. The second-order valence-electron chi connectivity index (χ2n) is 7.55. The third-order valence-electron chi connectivity index (χ3n) is 5.31. The number of amides is 1. The third kappa shape index (κ3) is 3.59. The van der Waals surface area contributed by atoms with Gasteiger partial charge < -0.3 is 18.9 Å². The Morgan fingerprint density at radius 3 is 2.65 bits per heavy atom. The Balaban J connectivity index is 1.44. The van der Waals surface area contributed by atoms with Gasteiger partial charge in [0.1, 0.15) is 6.61 Å². The number of carbonyl (C=O) groups excluding carboxylic acids is 1. The van der Waals surface area contributed by atoms with Gasteiger partial charge in [-0.25, -0.2) is 4.98 Å². The van der Waals surface area contributed by atoms with Gasteiger partial charge in [-0.15, -0.1) is 0 Å². The molecule has 1 aliphatic rings. The van der Waals surface area contributed by atoms with Crippen LogP contribution in [0.15, 0.2) is 65.2 Å². The van der Waals surface area contributed by atoms with Gasteiger partial charge in [0.05, 0.1) is 28.9 Å². The molecule has 1 amide bonds. The van der Waals surface area contributed by atoms with Gasteiger partial charge in [-0.05, 0) is 25.1 Å². The second kappa shape index (κ2) is 7.75. The van der Waals surface area contributed by atoms with Crippen molar-refractivity contribution in [1.29, 1.82) is 0 Å². The van der Waals surface area contributed by atoms with Crippen molar-refractivity contribution in [2.75, 3.05) is 20.2 Å². The van der Waals surface area contributed by atoms with Crippen molar-refractivity contribution in [3.8, 4) is 22.8 Å². The molecule has 0 N–H and O–H groups in total. The largest absolute Gasteiger partial charge is 0.486 e. The van der Waals surface area contributed by atoms with Crippen molar-refractivity contribution in [2.24, 2.45) is 0 Å². The van der Waals surface area contributed by atoms with Crippen molar-refractivity contribution in [3.63, 3.8) is 0 Å². The van der Waals surface area contributed by atoms with E-state index < -0.39 is 0 Å². The lowest BCUT2D eigenvalue weighted by Gasteiger charge is -2.29. The minimum absolute atomic E-state index is 0.154. The zero-order chi connectivity index (χ0) is 21.4. The third-order valence-corrected chi connectivity index (χ3v) is 5.31. The number of para-hydroxylation sites is 2. The number of carbonyl (C=O) groups is 1. The van der Waals surface area contributed by atoms with E-state index in [0.717, 1.165) is 11.3 Å². The summed E-state index contributed by atoms with van der Waals surface area (Å²) in [7, 11) is 1.75. The van der Waals surface area contributed by atoms with Crippen LogP contribution >= 0.6 is 0 Å². The summed E-state index contributed by atoms with van der Waals surface area (Å²) < 4.78 is 17.2. The summed E-state index contributed by atoms with van der Waals surface area (Å²) in [4.78, 5) is 19.6. The molecule has 1 aliphatic heterocycles. The Morgan fingerprint density at radius 2 is 1.84 bits per heavy atom. The smallest absolute Gasteiger partial charge is 0.259 e. The van der Waals surface area contributed by atoms with Crippen LogP contribution in [0.3, 0.4) is 0 Å². The maximum Gasteiger partial charge on any atom is 0.259 e. The Morgan fingerprint density at radius 1 is 1.10 bits per heavy atom. The van der Waals surface area contributed by atoms with Crippen LogP contribution in [0.4, 0.5) is 0 Å². The summed E-state index contributed by atoms with van der Waals surface area (Å²) in [5, 5.41) is 4.65. The molecule has 0 aliphatic carbocycles. The van der Waals surface area contributed by atoms with Crippen LogP contribution < -0.4 is 9.47 Å². The average Bonchev–Trinajstić information content (AvgIpc) is 3.19. The number of nitrogens with zero attached hydrogens (tertiary/aromatic N) is 3. The van der Waals surface area contributed by atoms with E-state index in [4.69, 9.17) is 14.0 Å². The topological polar surface area (TPSA) is 77.7 Å². The molecule has 2 aromatic heterocycles. The van der Waals surface area contributed by atoms with Crippen molar-refractivity contribution >= 4 is 17.0 Å². The minimum Gasteiger partial charge on any atom is -0.486 e. The number of benzene rings is 2. The van der Waals surface area contributed by atoms with Crippen LogP contribution in [0.1, 0.15) is 16.1 Å². The number of ether oxygens (including phenoxy) is 2. The molecule has 1 atom stereocenters. The fourth-order valence-corrected chi connectivity index (χ4v) is 3.77. The lowest BCUT2D eigenvalue weighted by atomic mass is 10.0. The van der Waals surface area contributed by atoms with E-state index in [-0.39, 0.29) is 12.0 Å². The molecule has 0 radical (unpaired) electrons. The van der Waals surface area contributed by atoms with E-state index in [1.54, 1.807) is 18.0 Å². The van der Waals surface area contributed by atoms with E-state index in [9.17, 15) is 4.79 Å². The van der Waals surface area contributed by atoms with Gasteiger partial charge in [0.25, 0.3) is 11.6 Å². The highest BCUT2D eigenvalue weighted by Gasteiger charge is 2.26. The lowest BCUT2D eigenvalue weighted by molar-refractivity contribution is 0.0522. The first-order valence-corrected chi connectivity index (χ1v) is 10.1. The van der Waals surface area contributed by atoms with Crippen LogP contribution in [0.5, 0.6) is 11.5 Å². The second-order valence-corrected chi connectivity index (χ2v) is 7.55. The molecule has 7 nitrogen and oxygen atoms in total. The molecule has 31 heavy (non-hydrogen) atoms. The fourth-order valence-electron chi connectivity index (χ4n) is 3.77. The predicted octanol–water partition coefficient (Wildman–Crippen LogP) is 4.11. The van der Waals surface area contributed by atoms with Crippen molar-refractivity contribution in [3.05, 3.63) is 71.9 Å². The molecule has 2 aromatic carbocycles. The molecule has 156 valence electrons. The number of aromatic nitrogens is 2. The number of fused-ring (bicyclic) bond motifs is 2. The minimum atomic E-state index is -0.265. The summed E-state index contributed by atoms with van der Waals surface area (Å²) in [6.07, 6.45) is -0.265. The molecular weight excluding hydrogens is 394 g/mol. The molecule has 0 saturated heterocycles. The number of pyridine rings is 1. The monoisotopic (exact) mass is 415 g/mol. The van der Waals surface area contributed by atoms with Gasteiger partial charge in [-0.1, -0.05) is 47.6 Å². The first kappa shape index (κ1) is 19.1. The SMILES string of the molecule is Cc1noc2nc(-c3ccccc3)cc(C(=O)N(C)CC3COc4ccccc4O3)c12. The number of likely N-dealkylation sites (N-methyl/N-ethyl adjacent to an activating group) is 1. The number of aryl methyl sites for hydroxylation is 1. The van der Waals surface area contributed by atoms with Crippen LogP contribution in [0, 0.1) is 6.92 Å². The molecule has 1 unspecified atom stereocenters. The van der Waals surface area contributed by atoms with Gasteiger partial charge in [-0.2, -0.15) is 0 Å². The van der Waals surface area contributed by atoms with Crippen LogP contribution in [0.25, 0.3) is 22.4 Å².